The Balaban J connectivity index is 2.67. The molecule has 8 nitrogen and oxygen atoms in total. The molecule has 3 amide bonds. The molecule has 0 aliphatic heterocycles. The Kier molecular flexibility index (Phi) is 7.11. The summed E-state index contributed by atoms with van der Waals surface area (Å²) in [6, 6.07) is 4.16. The zero-order valence-corrected chi connectivity index (χ0v) is 20.3. The molecular weight excluding hydrogens is 493 g/mol. The van der Waals surface area contributed by atoms with Gasteiger partial charge in [-0.1, -0.05) is 27.3 Å². The maximum absolute atomic E-state index is 14.4. The molecule has 2 aromatic rings. The van der Waals surface area contributed by atoms with E-state index in [1.165, 1.54) is 18.2 Å². The zero-order valence-electron chi connectivity index (χ0n) is 17.9. The number of rotatable bonds is 3. The minimum atomic E-state index is -1.09. The predicted octanol–water partition coefficient (Wildman–Crippen LogP) is 5.49. The van der Waals surface area contributed by atoms with Gasteiger partial charge in [0.25, 0.3) is 5.91 Å². The lowest BCUT2D eigenvalue weighted by molar-refractivity contribution is 0.0432. The van der Waals surface area contributed by atoms with Gasteiger partial charge in [0.15, 0.2) is 5.69 Å². The van der Waals surface area contributed by atoms with Crippen LogP contribution in [-0.4, -0.2) is 34.3 Å². The first-order valence-corrected chi connectivity index (χ1v) is 10.7. The van der Waals surface area contributed by atoms with Gasteiger partial charge in [-0.3, -0.25) is 4.79 Å². The van der Waals surface area contributed by atoms with Crippen LogP contribution >= 0.6 is 27.3 Å². The van der Waals surface area contributed by atoms with Crippen molar-refractivity contribution in [3.8, 4) is 10.6 Å². The molecule has 0 bridgehead atoms. The van der Waals surface area contributed by atoms with E-state index in [2.05, 4.69) is 20.9 Å². The summed E-state index contributed by atoms with van der Waals surface area (Å²) in [6.45, 7) is 9.68. The highest BCUT2D eigenvalue weighted by molar-refractivity contribution is 9.10. The fraction of sp³-hybridized carbons (Fsp3) is 0.400. The smallest absolute Gasteiger partial charge is 0.425 e. The van der Waals surface area contributed by atoms with Crippen molar-refractivity contribution < 1.29 is 28.2 Å². The Morgan fingerprint density at radius 2 is 1.58 bits per heavy atom. The van der Waals surface area contributed by atoms with E-state index in [0.717, 1.165) is 11.3 Å². The molecule has 11 heteroatoms. The number of hydrogen-bond acceptors (Lipinski definition) is 7. The first-order chi connectivity index (χ1) is 14.1. The summed E-state index contributed by atoms with van der Waals surface area (Å²) in [5.41, 5.74) is 3.20. The van der Waals surface area contributed by atoms with Crippen LogP contribution in [0.1, 0.15) is 52.0 Å². The topological polar surface area (TPSA) is 112 Å². The fourth-order valence-corrected chi connectivity index (χ4v) is 3.69. The Morgan fingerprint density at radius 1 is 1.06 bits per heavy atom. The van der Waals surface area contributed by atoms with Gasteiger partial charge in [-0.2, -0.15) is 4.90 Å². The lowest BCUT2D eigenvalue weighted by Crippen LogP contribution is -2.44. The number of hydrogen-bond donors (Lipinski definition) is 1. The third-order valence-electron chi connectivity index (χ3n) is 3.36. The third kappa shape index (κ3) is 6.47. The highest BCUT2D eigenvalue weighted by Crippen LogP contribution is 2.38. The maximum Gasteiger partial charge on any atom is 0.425 e. The normalized spacial score (nSPS) is 11.7. The van der Waals surface area contributed by atoms with E-state index in [9.17, 15) is 18.8 Å². The van der Waals surface area contributed by atoms with Crippen molar-refractivity contribution in [1.29, 1.82) is 0 Å². The summed E-state index contributed by atoms with van der Waals surface area (Å²) in [6.07, 6.45) is -2.18. The molecule has 1 aromatic carbocycles. The van der Waals surface area contributed by atoms with Gasteiger partial charge in [0.05, 0.1) is 0 Å². The Morgan fingerprint density at radius 3 is 2.03 bits per heavy atom. The van der Waals surface area contributed by atoms with Crippen LogP contribution in [0, 0.1) is 5.82 Å². The van der Waals surface area contributed by atoms with Crippen LogP contribution in [-0.2, 0) is 9.47 Å². The van der Waals surface area contributed by atoms with Gasteiger partial charge in [0, 0.05) is 10.0 Å². The van der Waals surface area contributed by atoms with Gasteiger partial charge in [0.2, 0.25) is 0 Å². The van der Waals surface area contributed by atoms with E-state index in [1.807, 2.05) is 0 Å². The molecule has 0 fully saturated rings. The minimum absolute atomic E-state index is 0.0414. The van der Waals surface area contributed by atoms with Crippen LogP contribution in [0.4, 0.5) is 19.0 Å². The molecule has 0 aliphatic carbocycles. The molecule has 31 heavy (non-hydrogen) atoms. The van der Waals surface area contributed by atoms with Crippen molar-refractivity contribution in [2.75, 3.05) is 4.90 Å². The lowest BCUT2D eigenvalue weighted by atomic mass is 10.2. The maximum atomic E-state index is 14.4. The summed E-state index contributed by atoms with van der Waals surface area (Å²) < 4.78 is 25.6. The number of aromatic nitrogens is 1. The number of imide groups is 1. The molecule has 1 aromatic heterocycles. The van der Waals surface area contributed by atoms with Gasteiger partial charge >= 0.3 is 12.2 Å². The molecule has 0 saturated carbocycles. The number of ether oxygens (including phenoxy) is 2. The summed E-state index contributed by atoms with van der Waals surface area (Å²) in [5, 5.41) is -0.190. The Bertz CT molecular complexity index is 999. The summed E-state index contributed by atoms with van der Waals surface area (Å²) in [4.78, 5) is 42.5. The van der Waals surface area contributed by atoms with Crippen molar-refractivity contribution in [2.24, 2.45) is 5.73 Å². The second-order valence-electron chi connectivity index (χ2n) is 8.46. The summed E-state index contributed by atoms with van der Waals surface area (Å²) in [5.74, 6) is -1.62. The SMILES string of the molecule is CC(C)(C)OC(=O)N(C(=O)OC(C)(C)C)c1sc(-c2cc(Br)ccc2F)nc1C(N)=O. The number of halogens is 2. The van der Waals surface area contributed by atoms with Gasteiger partial charge in [-0.25, -0.2) is 19.0 Å². The van der Waals surface area contributed by atoms with Crippen LogP contribution in [0.3, 0.4) is 0 Å². The van der Waals surface area contributed by atoms with Gasteiger partial charge in [-0.15, -0.1) is 0 Å². The van der Waals surface area contributed by atoms with Crippen molar-refractivity contribution in [3.05, 3.63) is 34.2 Å². The monoisotopic (exact) mass is 515 g/mol. The van der Waals surface area contributed by atoms with Gasteiger partial charge < -0.3 is 15.2 Å². The minimum Gasteiger partial charge on any atom is -0.443 e. The van der Waals surface area contributed by atoms with Crippen molar-refractivity contribution in [3.63, 3.8) is 0 Å². The second-order valence-corrected chi connectivity index (χ2v) is 10.4. The van der Waals surface area contributed by atoms with E-state index in [4.69, 9.17) is 15.2 Å². The van der Waals surface area contributed by atoms with E-state index in [0.29, 0.717) is 9.37 Å². The highest BCUT2D eigenvalue weighted by atomic mass is 79.9. The molecule has 0 radical (unpaired) electrons. The molecule has 0 unspecified atom stereocenters. The number of nitrogens with zero attached hydrogens (tertiary/aromatic N) is 2. The zero-order chi connectivity index (χ0) is 23.7. The van der Waals surface area contributed by atoms with E-state index in [1.54, 1.807) is 41.5 Å². The Hall–Kier alpha value is -2.53. The molecule has 0 spiro atoms. The van der Waals surface area contributed by atoms with Gasteiger partial charge in [-0.05, 0) is 59.7 Å². The molecule has 2 rings (SSSR count). The summed E-state index contributed by atoms with van der Waals surface area (Å²) in [7, 11) is 0. The number of anilines is 1. The molecular formula is C20H23BrFN3O5S. The largest absolute Gasteiger partial charge is 0.443 e. The second kappa shape index (κ2) is 8.91. The summed E-state index contributed by atoms with van der Waals surface area (Å²) >= 11 is 3.98. The number of thiazole rings is 1. The van der Waals surface area contributed by atoms with Crippen molar-refractivity contribution in [1.82, 2.24) is 4.98 Å². The molecule has 2 N–H and O–H groups in total. The van der Waals surface area contributed by atoms with Crippen molar-refractivity contribution >= 4 is 50.4 Å². The van der Waals surface area contributed by atoms with Crippen LogP contribution in [0.15, 0.2) is 22.7 Å². The van der Waals surface area contributed by atoms with Crippen LogP contribution in [0.2, 0.25) is 0 Å². The highest BCUT2D eigenvalue weighted by Gasteiger charge is 2.37. The van der Waals surface area contributed by atoms with E-state index >= 15 is 0 Å². The average Bonchev–Trinajstić information content (AvgIpc) is 2.98. The number of carbonyl (C=O) groups excluding carboxylic acids is 3. The number of benzene rings is 1. The van der Waals surface area contributed by atoms with Crippen LogP contribution in [0.25, 0.3) is 10.6 Å². The number of nitrogens with two attached hydrogens (primary N) is 1. The number of primary amides is 1. The first-order valence-electron chi connectivity index (χ1n) is 9.11. The fourth-order valence-electron chi connectivity index (χ4n) is 2.26. The van der Waals surface area contributed by atoms with E-state index < -0.39 is 40.8 Å². The van der Waals surface area contributed by atoms with Gasteiger partial charge in [0.1, 0.15) is 27.0 Å². The molecule has 168 valence electrons. The third-order valence-corrected chi connectivity index (χ3v) is 4.92. The molecule has 0 aliphatic rings. The number of amides is 3. The molecule has 0 saturated heterocycles. The quantitative estimate of drug-likeness (QED) is 0.578. The molecule has 0 atom stereocenters. The van der Waals surface area contributed by atoms with Crippen LogP contribution in [0.5, 0.6) is 0 Å². The lowest BCUT2D eigenvalue weighted by Gasteiger charge is -2.28. The standard InChI is InChI=1S/C20H23BrFN3O5S/c1-19(2,3)29-17(27)25(18(28)30-20(4,5)6)16-13(14(23)26)24-15(31-16)11-9-10(21)7-8-12(11)22/h7-9H,1-6H3,(H2,23,26). The first kappa shape index (κ1) is 24.7. The Labute approximate surface area is 191 Å². The van der Waals surface area contributed by atoms with Crippen molar-refractivity contribution in [2.45, 2.75) is 52.7 Å². The van der Waals surface area contributed by atoms with Crippen LogP contribution < -0.4 is 10.6 Å². The average molecular weight is 516 g/mol. The predicted molar refractivity (Wildman–Crippen MR) is 119 cm³/mol. The van der Waals surface area contributed by atoms with E-state index in [-0.39, 0.29) is 15.6 Å². The number of carbonyl (C=O) groups is 3. The molecule has 1 heterocycles.